The number of rotatable bonds is 15. The van der Waals surface area contributed by atoms with Crippen molar-refractivity contribution in [3.05, 3.63) is 99.3 Å². The molecule has 70 heavy (non-hydrogen) atoms. The third kappa shape index (κ3) is 9.31. The summed E-state index contributed by atoms with van der Waals surface area (Å²) < 4.78 is 48.5. The van der Waals surface area contributed by atoms with Crippen LogP contribution < -0.4 is 35.8 Å². The number of aryl methyl sites for hydroxylation is 2. The molecule has 366 valence electrons. The van der Waals surface area contributed by atoms with Crippen molar-refractivity contribution < 1.29 is 41.9 Å². The summed E-state index contributed by atoms with van der Waals surface area (Å²) in [6.07, 6.45) is 8.82. The number of carbonyl (C=O) groups is 4. The number of nitrogens with one attached hydrogen (secondary N) is 3. The molecule has 4 amide bonds. The lowest BCUT2D eigenvalue weighted by Crippen LogP contribution is -2.54. The molecule has 0 radical (unpaired) electrons. The van der Waals surface area contributed by atoms with Crippen molar-refractivity contribution in [3.8, 4) is 16.9 Å². The van der Waals surface area contributed by atoms with E-state index < -0.39 is 43.1 Å². The summed E-state index contributed by atoms with van der Waals surface area (Å²) in [5.74, 6) is -1.98. The summed E-state index contributed by atoms with van der Waals surface area (Å²) in [5.41, 5.74) is 6.91. The minimum atomic E-state index is -3.66. The predicted octanol–water partition coefficient (Wildman–Crippen LogP) is 6.71. The Hall–Kier alpha value is -6.51. The minimum absolute atomic E-state index is 0.00162. The first-order valence-corrected chi connectivity index (χ1v) is 25.0. The second-order valence-electron chi connectivity index (χ2n) is 17.5. The first-order valence-electron chi connectivity index (χ1n) is 22.7. The zero-order chi connectivity index (χ0) is 49.6. The van der Waals surface area contributed by atoms with Crippen molar-refractivity contribution in [3.63, 3.8) is 0 Å². The van der Waals surface area contributed by atoms with Crippen LogP contribution >= 0.6 is 23.5 Å². The van der Waals surface area contributed by atoms with Crippen LogP contribution in [0.15, 0.2) is 71.2 Å². The smallest absolute Gasteiger partial charge is 0.363 e. The monoisotopic (exact) mass is 1040 g/mol. The van der Waals surface area contributed by atoms with Gasteiger partial charge in [0.2, 0.25) is 17.8 Å². The fraction of sp³-hybridized carbons (Fsp3) is 0.354. The number of halogens is 2. The summed E-state index contributed by atoms with van der Waals surface area (Å²) >= 11 is 3.57. The number of fused-ring (bicyclic) bond motifs is 1. The van der Waals surface area contributed by atoms with Gasteiger partial charge in [-0.15, -0.1) is 0 Å². The highest BCUT2D eigenvalue weighted by atomic mass is 79.9. The number of hydrogen-bond donors (Lipinski definition) is 3. The first kappa shape index (κ1) is 48.5. The van der Waals surface area contributed by atoms with Gasteiger partial charge in [-0.05, 0) is 84.4 Å². The summed E-state index contributed by atoms with van der Waals surface area (Å²) in [6, 6.07) is 9.09. The molecule has 0 bridgehead atoms. The molecule has 0 aliphatic carbocycles. The highest BCUT2D eigenvalue weighted by molar-refractivity contribution is 9.10. The number of methoxy groups -OCH3 is 1. The maximum absolute atomic E-state index is 15.6. The number of piperazine rings is 1. The number of imide groups is 2. The van der Waals surface area contributed by atoms with Crippen molar-refractivity contribution in [1.82, 2.24) is 34.9 Å². The Kier molecular flexibility index (Phi) is 13.7. The lowest BCUT2D eigenvalue weighted by Gasteiger charge is -2.37. The molecule has 0 spiro atoms. The van der Waals surface area contributed by atoms with Gasteiger partial charge < -0.3 is 34.2 Å². The molecular weight excluding hydrogens is 988 g/mol. The van der Waals surface area contributed by atoms with Gasteiger partial charge in [0.1, 0.15) is 23.4 Å². The van der Waals surface area contributed by atoms with Crippen LogP contribution in [0.3, 0.4) is 0 Å². The van der Waals surface area contributed by atoms with E-state index in [9.17, 15) is 23.7 Å². The molecule has 3 N–H and O–H groups in total. The van der Waals surface area contributed by atoms with E-state index in [1.807, 2.05) is 63.8 Å². The highest BCUT2D eigenvalue weighted by Crippen LogP contribution is 2.49. The van der Waals surface area contributed by atoms with E-state index in [4.69, 9.17) is 18.8 Å². The van der Waals surface area contributed by atoms with E-state index in [-0.39, 0.29) is 35.6 Å². The van der Waals surface area contributed by atoms with Crippen LogP contribution in [0.25, 0.3) is 11.1 Å². The number of ether oxygens (including phenoxy) is 1. The molecule has 1 atom stereocenters. The Morgan fingerprint density at radius 3 is 2.31 bits per heavy atom. The van der Waals surface area contributed by atoms with Gasteiger partial charge in [0.25, 0.3) is 11.8 Å². The second-order valence-corrected chi connectivity index (χ2v) is 20.5. The third-order valence-corrected chi connectivity index (χ3v) is 16.0. The number of amides is 4. The Morgan fingerprint density at radius 1 is 0.886 bits per heavy atom. The van der Waals surface area contributed by atoms with Gasteiger partial charge in [-0.1, -0.05) is 11.6 Å². The van der Waals surface area contributed by atoms with Gasteiger partial charge in [-0.3, -0.25) is 43.5 Å². The predicted molar refractivity (Wildman–Crippen MR) is 265 cm³/mol. The summed E-state index contributed by atoms with van der Waals surface area (Å²) in [5, 5.41) is 13.7. The van der Waals surface area contributed by atoms with Gasteiger partial charge in [-0.25, -0.2) is 9.37 Å². The molecule has 19 nitrogen and oxygen atoms in total. The first-order chi connectivity index (χ1) is 33.6. The summed E-state index contributed by atoms with van der Waals surface area (Å²) in [6.45, 7) is 8.16. The van der Waals surface area contributed by atoms with Gasteiger partial charge in [-0.2, -0.15) is 10.1 Å². The molecular formula is C48H52BrFN11O8P. The lowest BCUT2D eigenvalue weighted by molar-refractivity contribution is -0.136. The fourth-order valence-electron chi connectivity index (χ4n) is 9.37. The van der Waals surface area contributed by atoms with Crippen LogP contribution in [-0.4, -0.2) is 120 Å². The average Bonchev–Trinajstić information content (AvgIpc) is 4.07. The number of hydrogen-bond acceptors (Lipinski definition) is 16. The summed E-state index contributed by atoms with van der Waals surface area (Å²) in [7, 11) is 2.53. The molecule has 22 heteroatoms. The largest absolute Gasteiger partial charge is 0.494 e. The zero-order valence-corrected chi connectivity index (χ0v) is 41.9. The van der Waals surface area contributed by atoms with Crippen LogP contribution in [0.4, 0.5) is 38.9 Å². The third-order valence-electron chi connectivity index (χ3n) is 13.3. The van der Waals surface area contributed by atoms with Crippen molar-refractivity contribution in [2.45, 2.75) is 45.6 Å². The normalized spacial score (nSPS) is 17.6. The molecule has 2 saturated heterocycles. The van der Waals surface area contributed by atoms with Crippen molar-refractivity contribution >= 4 is 87.0 Å². The highest BCUT2D eigenvalue weighted by Gasteiger charge is 2.45. The molecule has 4 aliphatic heterocycles. The number of benzene rings is 3. The molecule has 1 unspecified atom stereocenters. The Labute approximate surface area is 412 Å². The van der Waals surface area contributed by atoms with E-state index in [1.54, 1.807) is 22.9 Å². The van der Waals surface area contributed by atoms with Crippen molar-refractivity contribution in [2.24, 2.45) is 7.05 Å². The van der Waals surface area contributed by atoms with Gasteiger partial charge >= 0.3 is 7.60 Å². The number of anilines is 6. The Bertz CT molecular complexity index is 3020. The summed E-state index contributed by atoms with van der Waals surface area (Å²) in [4.78, 5) is 67.6. The van der Waals surface area contributed by atoms with Gasteiger partial charge in [0.05, 0.1) is 51.3 Å². The maximum Gasteiger partial charge on any atom is 0.363 e. The lowest BCUT2D eigenvalue weighted by atomic mass is 10.0. The molecule has 6 heterocycles. The number of aromatic nitrogens is 4. The molecule has 4 aliphatic rings. The topological polar surface area (TPSA) is 206 Å². The van der Waals surface area contributed by atoms with Crippen LogP contribution in [0, 0.1) is 19.7 Å². The molecule has 2 aromatic heterocycles. The molecule has 9 rings (SSSR count). The van der Waals surface area contributed by atoms with Crippen LogP contribution in [0.5, 0.6) is 5.75 Å². The molecule has 3 aromatic carbocycles. The fourth-order valence-corrected chi connectivity index (χ4v) is 11.2. The molecule has 0 saturated carbocycles. The van der Waals surface area contributed by atoms with Crippen molar-refractivity contribution in [1.29, 1.82) is 0 Å². The van der Waals surface area contributed by atoms with Crippen molar-refractivity contribution in [2.75, 3.05) is 81.0 Å². The number of carbonyl (C=O) groups excluding carboxylic acids is 4. The van der Waals surface area contributed by atoms with E-state index in [0.29, 0.717) is 45.7 Å². The van der Waals surface area contributed by atoms with Crippen LogP contribution in [-0.2, 0) is 30.2 Å². The molecule has 5 aromatic rings. The zero-order valence-electron chi connectivity index (χ0n) is 39.5. The minimum Gasteiger partial charge on any atom is -0.494 e. The van der Waals surface area contributed by atoms with Gasteiger partial charge in [0.15, 0.2) is 0 Å². The molecule has 2 fully saturated rings. The van der Waals surface area contributed by atoms with Crippen LogP contribution in [0.2, 0.25) is 0 Å². The average molecular weight is 1040 g/mol. The van der Waals surface area contributed by atoms with E-state index >= 15 is 4.39 Å². The van der Waals surface area contributed by atoms with E-state index in [0.717, 1.165) is 83.6 Å². The maximum atomic E-state index is 15.6. The van der Waals surface area contributed by atoms with Crippen LogP contribution in [0.1, 0.15) is 57.5 Å². The van der Waals surface area contributed by atoms with E-state index in [2.05, 4.69) is 51.8 Å². The Morgan fingerprint density at radius 2 is 1.63 bits per heavy atom. The standard InChI is InChI=1S/C48H52BrFN11O8P/c1-27-7-8-36(43(28(27)2)70(66,68-5)69-6)53-44-34(49)24-51-48(56-44)54-37-20-31(30-23-52-57(3)26-30)39(22-41(37)67-4)59-17-15-58(16-18-59)13-11-29-12-14-60(25-29)40-21-33-32(19-35(40)50)46(64)61(47(33)65)38-9-10-42(62)55-45(38)63/h7-8,19-26,38H,9-18H2,1-6H3,(H,55,62,63)(H2,51,53,54,56). The second kappa shape index (κ2) is 19.7. The number of nitrogens with zero attached hydrogens (tertiary/aromatic N) is 8. The quantitative estimate of drug-likeness (QED) is 0.0736. The Balaban J connectivity index is 0.878. The van der Waals surface area contributed by atoms with Gasteiger partial charge in [0, 0.05) is 108 Å². The van der Waals surface area contributed by atoms with E-state index in [1.165, 1.54) is 20.3 Å². The SMILES string of the molecule is COc1cc(N2CCN(CCC3=CN(c4cc5c(cc4F)C(=O)N(C4CCC(=O)NC4=O)C5=O)CC3)CC2)c(-c2cnn(C)c2)cc1Nc1ncc(Br)c(Nc2ccc(C)c(C)c2P(=O)(OC)OC)n1. The number of piperidine rings is 1.